The summed E-state index contributed by atoms with van der Waals surface area (Å²) >= 11 is 0. The van der Waals surface area contributed by atoms with Crippen molar-refractivity contribution in [2.75, 3.05) is 0 Å². The number of hydrogen-bond donors (Lipinski definition) is 2. The zero-order valence-electron chi connectivity index (χ0n) is 11.2. The largest absolute Gasteiger partial charge is 0.459 e. The quantitative estimate of drug-likeness (QED) is 0.442. The lowest BCUT2D eigenvalue weighted by atomic mass is 10.1. The number of benzene rings is 2. The standard InChI is InChI=1S/C17H14N2O2/c18-19-17(15-9-11-5-1-3-7-13(11)20-15)16-10-12-6-2-4-8-14(12)21-16/h1-10,17,19H,18H2. The Balaban J connectivity index is 1.83. The van der Waals surface area contributed by atoms with E-state index in [0.717, 1.165) is 33.5 Å². The third-order valence-electron chi connectivity index (χ3n) is 3.62. The number of para-hydroxylation sites is 2. The highest BCUT2D eigenvalue weighted by molar-refractivity contribution is 5.79. The molecule has 0 spiro atoms. The van der Waals surface area contributed by atoms with Crippen LogP contribution in [0.2, 0.25) is 0 Å². The minimum Gasteiger partial charge on any atom is -0.459 e. The van der Waals surface area contributed by atoms with Gasteiger partial charge in [-0.05, 0) is 24.3 Å². The molecule has 4 heteroatoms. The molecule has 0 saturated carbocycles. The second kappa shape index (κ2) is 4.77. The molecule has 0 bridgehead atoms. The van der Waals surface area contributed by atoms with E-state index in [-0.39, 0.29) is 6.04 Å². The van der Waals surface area contributed by atoms with E-state index < -0.39 is 0 Å². The van der Waals surface area contributed by atoms with Gasteiger partial charge >= 0.3 is 0 Å². The Labute approximate surface area is 121 Å². The maximum atomic E-state index is 5.87. The van der Waals surface area contributed by atoms with Gasteiger partial charge < -0.3 is 8.83 Å². The number of nitrogens with one attached hydrogen (secondary N) is 1. The molecule has 0 aliphatic rings. The van der Waals surface area contributed by atoms with Crippen LogP contribution in [-0.4, -0.2) is 0 Å². The van der Waals surface area contributed by atoms with E-state index in [0.29, 0.717) is 0 Å². The molecule has 0 atom stereocenters. The third kappa shape index (κ3) is 2.01. The molecule has 2 aromatic carbocycles. The maximum absolute atomic E-state index is 5.87. The van der Waals surface area contributed by atoms with Crippen molar-refractivity contribution in [2.45, 2.75) is 6.04 Å². The van der Waals surface area contributed by atoms with Crippen LogP contribution in [0.25, 0.3) is 21.9 Å². The van der Waals surface area contributed by atoms with Gasteiger partial charge in [0.15, 0.2) is 0 Å². The van der Waals surface area contributed by atoms with E-state index in [1.807, 2.05) is 60.7 Å². The van der Waals surface area contributed by atoms with Crippen LogP contribution in [0.4, 0.5) is 0 Å². The molecule has 0 saturated heterocycles. The average Bonchev–Trinajstić information content (AvgIpc) is 3.11. The second-order valence-electron chi connectivity index (χ2n) is 4.97. The topological polar surface area (TPSA) is 64.3 Å². The van der Waals surface area contributed by atoms with Crippen LogP contribution in [0.3, 0.4) is 0 Å². The van der Waals surface area contributed by atoms with Crippen molar-refractivity contribution in [3.63, 3.8) is 0 Å². The normalized spacial score (nSPS) is 11.7. The molecule has 0 radical (unpaired) electrons. The Morgan fingerprint density at radius 2 is 1.24 bits per heavy atom. The van der Waals surface area contributed by atoms with Crippen molar-refractivity contribution in [3.05, 3.63) is 72.2 Å². The molecule has 2 aromatic heterocycles. The summed E-state index contributed by atoms with van der Waals surface area (Å²) in [7, 11) is 0. The average molecular weight is 278 g/mol. The van der Waals surface area contributed by atoms with E-state index in [2.05, 4.69) is 5.43 Å². The molecule has 0 unspecified atom stereocenters. The number of rotatable bonds is 3. The molecule has 4 aromatic rings. The molecule has 0 amide bonds. The summed E-state index contributed by atoms with van der Waals surface area (Å²) in [6.07, 6.45) is 0. The second-order valence-corrected chi connectivity index (χ2v) is 4.97. The summed E-state index contributed by atoms with van der Waals surface area (Å²) in [5.74, 6) is 7.18. The molecule has 4 nitrogen and oxygen atoms in total. The lowest BCUT2D eigenvalue weighted by Gasteiger charge is -2.09. The SMILES string of the molecule is NNC(c1cc2ccccc2o1)c1cc2ccccc2o1. The summed E-state index contributed by atoms with van der Waals surface area (Å²) in [6, 6.07) is 19.4. The Morgan fingerprint density at radius 3 is 1.67 bits per heavy atom. The lowest BCUT2D eigenvalue weighted by molar-refractivity contribution is 0.416. The lowest BCUT2D eigenvalue weighted by Crippen LogP contribution is -2.28. The molecule has 104 valence electrons. The summed E-state index contributed by atoms with van der Waals surface area (Å²) in [5.41, 5.74) is 4.44. The highest BCUT2D eigenvalue weighted by atomic mass is 16.4. The highest BCUT2D eigenvalue weighted by Gasteiger charge is 2.21. The van der Waals surface area contributed by atoms with Crippen LogP contribution in [0.5, 0.6) is 0 Å². The predicted octanol–water partition coefficient (Wildman–Crippen LogP) is 3.73. The zero-order valence-corrected chi connectivity index (χ0v) is 11.2. The van der Waals surface area contributed by atoms with Gasteiger partial charge in [-0.3, -0.25) is 5.84 Å². The molecule has 0 fully saturated rings. The monoisotopic (exact) mass is 278 g/mol. The van der Waals surface area contributed by atoms with Gasteiger partial charge in [0, 0.05) is 10.8 Å². The fourth-order valence-corrected chi connectivity index (χ4v) is 2.59. The fraction of sp³-hybridized carbons (Fsp3) is 0.0588. The summed E-state index contributed by atoms with van der Waals surface area (Å²) in [6.45, 7) is 0. The molecular formula is C17H14N2O2. The highest BCUT2D eigenvalue weighted by Crippen LogP contribution is 2.31. The van der Waals surface area contributed by atoms with Gasteiger partial charge in [-0.1, -0.05) is 36.4 Å². The van der Waals surface area contributed by atoms with Gasteiger partial charge in [0.25, 0.3) is 0 Å². The van der Waals surface area contributed by atoms with Crippen molar-refractivity contribution in [1.82, 2.24) is 5.43 Å². The smallest absolute Gasteiger partial charge is 0.137 e. The van der Waals surface area contributed by atoms with Crippen molar-refractivity contribution in [1.29, 1.82) is 0 Å². The summed E-state index contributed by atoms with van der Waals surface area (Å²) < 4.78 is 11.7. The molecule has 3 N–H and O–H groups in total. The van der Waals surface area contributed by atoms with Gasteiger partial charge in [-0.25, -0.2) is 5.43 Å². The van der Waals surface area contributed by atoms with Crippen LogP contribution in [0.1, 0.15) is 17.6 Å². The van der Waals surface area contributed by atoms with E-state index in [4.69, 9.17) is 14.7 Å². The van der Waals surface area contributed by atoms with Crippen molar-refractivity contribution < 1.29 is 8.83 Å². The van der Waals surface area contributed by atoms with Gasteiger partial charge in [0.05, 0.1) is 0 Å². The van der Waals surface area contributed by atoms with Gasteiger partial charge in [0.2, 0.25) is 0 Å². The molecule has 2 heterocycles. The number of nitrogens with two attached hydrogens (primary N) is 1. The Kier molecular flexibility index (Phi) is 2.77. The van der Waals surface area contributed by atoms with E-state index in [1.54, 1.807) is 0 Å². The van der Waals surface area contributed by atoms with Crippen molar-refractivity contribution in [3.8, 4) is 0 Å². The minimum atomic E-state index is -0.315. The molecule has 4 rings (SSSR count). The third-order valence-corrected chi connectivity index (χ3v) is 3.62. The Hall–Kier alpha value is -2.56. The first-order chi connectivity index (χ1) is 10.3. The van der Waals surface area contributed by atoms with Gasteiger partial charge in [-0.15, -0.1) is 0 Å². The minimum absolute atomic E-state index is 0.315. The number of hydrazine groups is 1. The summed E-state index contributed by atoms with van der Waals surface area (Å²) in [4.78, 5) is 0. The zero-order chi connectivity index (χ0) is 14.2. The number of fused-ring (bicyclic) bond motifs is 2. The van der Waals surface area contributed by atoms with E-state index >= 15 is 0 Å². The Morgan fingerprint density at radius 1 is 0.762 bits per heavy atom. The van der Waals surface area contributed by atoms with Crippen LogP contribution in [-0.2, 0) is 0 Å². The van der Waals surface area contributed by atoms with Crippen LogP contribution in [0.15, 0.2) is 69.5 Å². The van der Waals surface area contributed by atoms with Crippen LogP contribution in [0, 0.1) is 0 Å². The molecule has 0 aliphatic carbocycles. The van der Waals surface area contributed by atoms with Gasteiger partial charge in [0.1, 0.15) is 28.7 Å². The first kappa shape index (κ1) is 12.2. The number of furan rings is 2. The van der Waals surface area contributed by atoms with Gasteiger partial charge in [-0.2, -0.15) is 0 Å². The summed E-state index contributed by atoms with van der Waals surface area (Å²) in [5, 5.41) is 2.09. The van der Waals surface area contributed by atoms with Crippen molar-refractivity contribution >= 4 is 21.9 Å². The van der Waals surface area contributed by atoms with Crippen LogP contribution < -0.4 is 11.3 Å². The first-order valence-electron chi connectivity index (χ1n) is 6.78. The molecule has 21 heavy (non-hydrogen) atoms. The predicted molar refractivity (Wildman–Crippen MR) is 81.6 cm³/mol. The molecular weight excluding hydrogens is 264 g/mol. The van der Waals surface area contributed by atoms with E-state index in [1.165, 1.54) is 0 Å². The fourth-order valence-electron chi connectivity index (χ4n) is 2.59. The van der Waals surface area contributed by atoms with Crippen LogP contribution >= 0.6 is 0 Å². The number of hydrogen-bond acceptors (Lipinski definition) is 4. The van der Waals surface area contributed by atoms with Crippen molar-refractivity contribution in [2.24, 2.45) is 5.84 Å². The Bertz CT molecular complexity index is 767. The molecule has 0 aliphatic heterocycles. The van der Waals surface area contributed by atoms with E-state index in [9.17, 15) is 0 Å². The maximum Gasteiger partial charge on any atom is 0.137 e. The first-order valence-corrected chi connectivity index (χ1v) is 6.78.